The van der Waals surface area contributed by atoms with Crippen molar-refractivity contribution in [2.75, 3.05) is 12.8 Å². The van der Waals surface area contributed by atoms with Crippen LogP contribution in [-0.2, 0) is 11.4 Å². The lowest BCUT2D eigenvalue weighted by atomic mass is 10.1. The molecule has 2 rings (SSSR count). The topological polar surface area (TPSA) is 78.3 Å². The summed E-state index contributed by atoms with van der Waals surface area (Å²) >= 11 is 0. The van der Waals surface area contributed by atoms with Gasteiger partial charge in [-0.25, -0.2) is 9.97 Å². The first-order valence-corrected chi connectivity index (χ1v) is 6.65. The van der Waals surface area contributed by atoms with Crippen molar-refractivity contribution < 1.29 is 4.84 Å². The molecule has 0 unspecified atom stereocenters. The predicted octanol–water partition coefficient (Wildman–Crippen LogP) is 2.27. The lowest BCUT2D eigenvalue weighted by Gasteiger charge is -2.12. The Bertz CT molecular complexity index is 657. The van der Waals surface area contributed by atoms with Crippen LogP contribution in [0.4, 0.5) is 5.82 Å². The molecule has 0 aliphatic heterocycles. The van der Waals surface area contributed by atoms with Crippen LogP contribution in [0, 0.1) is 19.8 Å². The first-order chi connectivity index (χ1) is 9.45. The average molecular weight is 275 g/mol. The Morgan fingerprint density at radius 2 is 2.05 bits per heavy atom. The molecule has 0 saturated carbocycles. The molecule has 108 valence electrons. The van der Waals surface area contributed by atoms with E-state index in [4.69, 9.17) is 10.6 Å². The number of nitrogens with two attached hydrogens (primary N) is 1. The molecule has 0 aromatic carbocycles. The number of nitrogen functional groups attached to an aromatic ring is 1. The van der Waals surface area contributed by atoms with Crippen LogP contribution in [0.3, 0.4) is 0 Å². The number of pyridine rings is 1. The minimum atomic E-state index is 0.456. The molecule has 20 heavy (non-hydrogen) atoms. The van der Waals surface area contributed by atoms with E-state index in [2.05, 4.69) is 33.5 Å². The maximum absolute atomic E-state index is 6.00. The molecule has 0 fully saturated rings. The van der Waals surface area contributed by atoms with E-state index >= 15 is 0 Å². The van der Waals surface area contributed by atoms with E-state index in [9.17, 15) is 0 Å². The van der Waals surface area contributed by atoms with Gasteiger partial charge in [-0.1, -0.05) is 19.0 Å². The van der Waals surface area contributed by atoms with Crippen molar-refractivity contribution in [2.24, 2.45) is 11.1 Å². The minimum Gasteiger partial charge on any atom is -0.399 e. The second-order valence-electron chi connectivity index (χ2n) is 5.30. The Labute approximate surface area is 118 Å². The van der Waals surface area contributed by atoms with Crippen LogP contribution in [-0.4, -0.2) is 27.9 Å². The first-order valence-electron chi connectivity index (χ1n) is 6.65. The van der Waals surface area contributed by atoms with Crippen molar-refractivity contribution in [3.8, 4) is 0 Å². The monoisotopic (exact) mass is 275 g/mol. The van der Waals surface area contributed by atoms with Crippen molar-refractivity contribution in [1.82, 2.24) is 14.5 Å². The van der Waals surface area contributed by atoms with E-state index < -0.39 is 0 Å². The van der Waals surface area contributed by atoms with Crippen LogP contribution in [0.5, 0.6) is 0 Å². The fourth-order valence-electron chi connectivity index (χ4n) is 2.27. The summed E-state index contributed by atoms with van der Waals surface area (Å²) in [7, 11) is 1.51. The Kier molecular flexibility index (Phi) is 3.92. The Hall–Kier alpha value is -2.11. The predicted molar refractivity (Wildman–Crippen MR) is 80.9 cm³/mol. The van der Waals surface area contributed by atoms with Gasteiger partial charge in [0.05, 0.1) is 5.52 Å². The smallest absolute Gasteiger partial charge is 0.155 e. The second kappa shape index (κ2) is 5.48. The molecule has 0 aliphatic carbocycles. The fraction of sp³-hybridized carbons (Fsp3) is 0.500. The highest BCUT2D eigenvalue weighted by atomic mass is 16.6. The van der Waals surface area contributed by atoms with Crippen LogP contribution in [0.15, 0.2) is 5.16 Å². The summed E-state index contributed by atoms with van der Waals surface area (Å²) in [5.74, 6) is 1.67. The molecule has 2 aromatic rings. The third-order valence-electron chi connectivity index (χ3n) is 3.25. The molecule has 2 aromatic heterocycles. The maximum Gasteiger partial charge on any atom is 0.155 e. The molecule has 6 nitrogen and oxygen atoms in total. The number of imidazole rings is 1. The summed E-state index contributed by atoms with van der Waals surface area (Å²) in [4.78, 5) is 13.6. The number of hydrogen-bond acceptors (Lipinski definition) is 5. The van der Waals surface area contributed by atoms with Crippen LogP contribution >= 0.6 is 0 Å². The van der Waals surface area contributed by atoms with E-state index in [1.807, 2.05) is 13.8 Å². The largest absolute Gasteiger partial charge is 0.399 e. The molecule has 0 amide bonds. The Balaban J connectivity index is 2.76. The van der Waals surface area contributed by atoms with Gasteiger partial charge >= 0.3 is 0 Å². The Morgan fingerprint density at radius 3 is 2.65 bits per heavy atom. The zero-order valence-electron chi connectivity index (χ0n) is 12.6. The van der Waals surface area contributed by atoms with Gasteiger partial charge in [0.15, 0.2) is 11.6 Å². The minimum absolute atomic E-state index is 0.456. The lowest BCUT2D eigenvalue weighted by Crippen LogP contribution is -2.09. The number of nitrogens with zero attached hydrogens (tertiary/aromatic N) is 4. The summed E-state index contributed by atoms with van der Waals surface area (Å²) in [6, 6.07) is 0. The van der Waals surface area contributed by atoms with E-state index in [1.54, 1.807) is 6.21 Å². The highest BCUT2D eigenvalue weighted by molar-refractivity contribution is 5.92. The van der Waals surface area contributed by atoms with E-state index in [0.29, 0.717) is 11.7 Å². The SMILES string of the molecule is CON=Cc1nc2c(N)nc(C)c(C)c2n1CC(C)C. The standard InChI is InChI=1S/C14H21N5O/c1-8(2)7-19-11(6-16-20-5)18-12-13(19)9(3)10(4)17-14(12)15/h6,8H,7H2,1-5H3,(H2,15,17). The lowest BCUT2D eigenvalue weighted by molar-refractivity contribution is 0.215. The molecule has 0 radical (unpaired) electrons. The molecule has 0 spiro atoms. The number of rotatable bonds is 4. The van der Waals surface area contributed by atoms with Crippen molar-refractivity contribution in [2.45, 2.75) is 34.2 Å². The van der Waals surface area contributed by atoms with Crippen LogP contribution < -0.4 is 5.73 Å². The van der Waals surface area contributed by atoms with Gasteiger partial charge in [0, 0.05) is 12.2 Å². The molecule has 0 atom stereocenters. The normalized spacial score (nSPS) is 11.9. The number of anilines is 1. The molecule has 0 bridgehead atoms. The fourth-order valence-corrected chi connectivity index (χ4v) is 2.27. The van der Waals surface area contributed by atoms with Gasteiger partial charge in [-0.05, 0) is 25.3 Å². The highest BCUT2D eigenvalue weighted by Gasteiger charge is 2.17. The zero-order valence-corrected chi connectivity index (χ0v) is 12.6. The van der Waals surface area contributed by atoms with Gasteiger partial charge < -0.3 is 15.1 Å². The molecule has 2 heterocycles. The number of fused-ring (bicyclic) bond motifs is 1. The van der Waals surface area contributed by atoms with Crippen molar-refractivity contribution in [3.63, 3.8) is 0 Å². The van der Waals surface area contributed by atoms with Crippen molar-refractivity contribution in [3.05, 3.63) is 17.1 Å². The van der Waals surface area contributed by atoms with Crippen LogP contribution in [0.2, 0.25) is 0 Å². The second-order valence-corrected chi connectivity index (χ2v) is 5.30. The van der Waals surface area contributed by atoms with Crippen molar-refractivity contribution in [1.29, 1.82) is 0 Å². The van der Waals surface area contributed by atoms with E-state index in [-0.39, 0.29) is 0 Å². The third kappa shape index (κ3) is 2.45. The summed E-state index contributed by atoms with van der Waals surface area (Å²) in [6.07, 6.45) is 1.61. The quantitative estimate of drug-likeness (QED) is 0.685. The summed E-state index contributed by atoms with van der Waals surface area (Å²) in [5.41, 5.74) is 9.78. The number of oxime groups is 1. The van der Waals surface area contributed by atoms with Gasteiger partial charge in [-0.15, -0.1) is 0 Å². The van der Waals surface area contributed by atoms with Crippen LogP contribution in [0.25, 0.3) is 11.0 Å². The van der Waals surface area contributed by atoms with Gasteiger partial charge in [0.1, 0.15) is 18.8 Å². The third-order valence-corrected chi connectivity index (χ3v) is 3.25. The number of aromatic nitrogens is 3. The maximum atomic E-state index is 6.00. The highest BCUT2D eigenvalue weighted by Crippen LogP contribution is 2.26. The molecule has 0 aliphatic rings. The molecule has 6 heteroatoms. The zero-order chi connectivity index (χ0) is 14.9. The molecular formula is C14H21N5O. The molecular weight excluding hydrogens is 254 g/mol. The average Bonchev–Trinajstić information content (AvgIpc) is 2.72. The van der Waals surface area contributed by atoms with Gasteiger partial charge in [0.2, 0.25) is 0 Å². The van der Waals surface area contributed by atoms with Crippen LogP contribution in [0.1, 0.15) is 30.9 Å². The summed E-state index contributed by atoms with van der Waals surface area (Å²) in [6.45, 7) is 9.16. The summed E-state index contributed by atoms with van der Waals surface area (Å²) in [5, 5.41) is 3.82. The number of hydrogen-bond donors (Lipinski definition) is 1. The van der Waals surface area contributed by atoms with Gasteiger partial charge in [0.25, 0.3) is 0 Å². The van der Waals surface area contributed by atoms with E-state index in [1.165, 1.54) is 7.11 Å². The summed E-state index contributed by atoms with van der Waals surface area (Å²) < 4.78 is 2.13. The molecule has 2 N–H and O–H groups in total. The van der Waals surface area contributed by atoms with Crippen molar-refractivity contribution >= 4 is 23.1 Å². The first kappa shape index (κ1) is 14.3. The van der Waals surface area contributed by atoms with Gasteiger partial charge in [-0.3, -0.25) is 0 Å². The van der Waals surface area contributed by atoms with E-state index in [0.717, 1.165) is 34.7 Å². The van der Waals surface area contributed by atoms with Gasteiger partial charge in [-0.2, -0.15) is 0 Å². The number of aryl methyl sites for hydroxylation is 2. The molecule has 0 saturated heterocycles. The Morgan fingerprint density at radius 1 is 1.35 bits per heavy atom.